The molecule has 2 unspecified atom stereocenters. The minimum atomic E-state index is -0.289. The van der Waals surface area contributed by atoms with Gasteiger partial charge in [0.05, 0.1) is 6.61 Å². The number of carbonyl (C=O) groups excluding carboxylic acids is 1. The SMILES string of the molecule is CCOC(=O)Cn1nc(C#N)c2c1CC1CC21. The first-order chi connectivity index (χ1) is 8.24. The third-order valence-corrected chi connectivity index (χ3v) is 3.54. The summed E-state index contributed by atoms with van der Waals surface area (Å²) in [4.78, 5) is 11.4. The molecule has 1 saturated carbocycles. The Morgan fingerprint density at radius 3 is 3.24 bits per heavy atom. The van der Waals surface area contributed by atoms with E-state index in [1.165, 1.54) is 6.42 Å². The zero-order chi connectivity index (χ0) is 12.0. The molecular weight excluding hydrogens is 218 g/mol. The van der Waals surface area contributed by atoms with Gasteiger partial charge in [-0.3, -0.25) is 9.48 Å². The third kappa shape index (κ3) is 1.52. The predicted molar refractivity (Wildman–Crippen MR) is 58.1 cm³/mol. The molecule has 1 heterocycles. The van der Waals surface area contributed by atoms with E-state index in [0.717, 1.165) is 17.7 Å². The monoisotopic (exact) mass is 231 g/mol. The molecule has 2 aliphatic rings. The summed E-state index contributed by atoms with van der Waals surface area (Å²) >= 11 is 0. The lowest BCUT2D eigenvalue weighted by Crippen LogP contribution is -2.16. The van der Waals surface area contributed by atoms with Crippen LogP contribution in [0.4, 0.5) is 0 Å². The molecule has 17 heavy (non-hydrogen) atoms. The van der Waals surface area contributed by atoms with Crippen molar-refractivity contribution in [1.29, 1.82) is 5.26 Å². The number of carbonyl (C=O) groups is 1. The third-order valence-electron chi connectivity index (χ3n) is 3.54. The fourth-order valence-electron chi connectivity index (χ4n) is 2.73. The molecule has 0 saturated heterocycles. The van der Waals surface area contributed by atoms with Crippen LogP contribution in [0.2, 0.25) is 0 Å². The molecular formula is C12H13N3O2. The lowest BCUT2D eigenvalue weighted by atomic mass is 10.1. The predicted octanol–water partition coefficient (Wildman–Crippen LogP) is 0.977. The van der Waals surface area contributed by atoms with E-state index in [4.69, 9.17) is 10.00 Å². The molecule has 0 N–H and O–H groups in total. The number of fused-ring (bicyclic) bond motifs is 3. The van der Waals surface area contributed by atoms with E-state index < -0.39 is 0 Å². The number of hydrogen-bond donors (Lipinski definition) is 0. The molecule has 0 amide bonds. The van der Waals surface area contributed by atoms with E-state index >= 15 is 0 Å². The normalized spacial score (nSPS) is 23.8. The Bertz CT molecular complexity index is 527. The Kier molecular flexibility index (Phi) is 2.18. The lowest BCUT2D eigenvalue weighted by molar-refractivity contribution is -0.144. The summed E-state index contributed by atoms with van der Waals surface area (Å²) in [5, 5.41) is 13.3. The van der Waals surface area contributed by atoms with Crippen molar-refractivity contribution in [2.24, 2.45) is 5.92 Å². The minimum absolute atomic E-state index is 0.122. The van der Waals surface area contributed by atoms with Crippen LogP contribution >= 0.6 is 0 Å². The average molecular weight is 231 g/mol. The van der Waals surface area contributed by atoms with Crippen LogP contribution in [0.25, 0.3) is 0 Å². The fourth-order valence-corrected chi connectivity index (χ4v) is 2.73. The Labute approximate surface area is 99.0 Å². The standard InChI is InChI=1S/C12H13N3O2/c1-2-17-11(16)6-15-10-4-7-3-8(7)12(10)9(5-13)14-15/h7-8H,2-4,6H2,1H3. The highest BCUT2D eigenvalue weighted by atomic mass is 16.5. The summed E-state index contributed by atoms with van der Waals surface area (Å²) in [6, 6.07) is 2.13. The van der Waals surface area contributed by atoms with Gasteiger partial charge in [0.2, 0.25) is 0 Å². The first-order valence-electron chi connectivity index (χ1n) is 5.89. The smallest absolute Gasteiger partial charge is 0.327 e. The van der Waals surface area contributed by atoms with Gasteiger partial charge in [-0.1, -0.05) is 0 Å². The van der Waals surface area contributed by atoms with Gasteiger partial charge in [-0.05, 0) is 31.6 Å². The number of ether oxygens (including phenoxy) is 1. The second-order valence-electron chi connectivity index (χ2n) is 4.59. The molecule has 0 aliphatic heterocycles. The first-order valence-corrected chi connectivity index (χ1v) is 5.89. The van der Waals surface area contributed by atoms with E-state index in [9.17, 15) is 4.79 Å². The summed E-state index contributed by atoms with van der Waals surface area (Å²) in [5.41, 5.74) is 2.65. The first kappa shape index (κ1) is 10.3. The summed E-state index contributed by atoms with van der Waals surface area (Å²) in [5.74, 6) is 0.919. The summed E-state index contributed by atoms with van der Waals surface area (Å²) in [6.45, 7) is 2.28. The van der Waals surface area contributed by atoms with Gasteiger partial charge >= 0.3 is 5.97 Å². The maximum absolute atomic E-state index is 11.4. The van der Waals surface area contributed by atoms with Crippen LogP contribution in [0.3, 0.4) is 0 Å². The fraction of sp³-hybridized carbons (Fsp3) is 0.583. The van der Waals surface area contributed by atoms with E-state index in [2.05, 4.69) is 11.2 Å². The van der Waals surface area contributed by atoms with Crippen LogP contribution in [0.5, 0.6) is 0 Å². The zero-order valence-corrected chi connectivity index (χ0v) is 9.64. The van der Waals surface area contributed by atoms with E-state index in [-0.39, 0.29) is 12.5 Å². The number of nitrogens with zero attached hydrogens (tertiary/aromatic N) is 3. The quantitative estimate of drug-likeness (QED) is 0.727. The number of nitriles is 1. The van der Waals surface area contributed by atoms with Gasteiger partial charge in [0.15, 0.2) is 5.69 Å². The van der Waals surface area contributed by atoms with Gasteiger partial charge in [0.25, 0.3) is 0 Å². The molecule has 2 atom stereocenters. The minimum Gasteiger partial charge on any atom is -0.465 e. The van der Waals surface area contributed by atoms with Crippen LogP contribution < -0.4 is 0 Å². The van der Waals surface area contributed by atoms with Crippen molar-refractivity contribution >= 4 is 5.97 Å². The topological polar surface area (TPSA) is 67.9 Å². The average Bonchev–Trinajstić information content (AvgIpc) is 2.83. The van der Waals surface area contributed by atoms with Crippen molar-refractivity contribution in [1.82, 2.24) is 9.78 Å². The van der Waals surface area contributed by atoms with E-state index in [1.54, 1.807) is 11.6 Å². The Balaban J connectivity index is 1.89. The molecule has 0 radical (unpaired) electrons. The molecule has 3 rings (SSSR count). The van der Waals surface area contributed by atoms with Gasteiger partial charge in [-0.2, -0.15) is 10.4 Å². The molecule has 1 aromatic heterocycles. The van der Waals surface area contributed by atoms with Gasteiger partial charge in [-0.15, -0.1) is 0 Å². The van der Waals surface area contributed by atoms with Crippen LogP contribution in [-0.2, 0) is 22.5 Å². The molecule has 1 aromatic rings. The number of aromatic nitrogens is 2. The van der Waals surface area contributed by atoms with Gasteiger partial charge in [0, 0.05) is 11.3 Å². The Morgan fingerprint density at radius 1 is 1.71 bits per heavy atom. The van der Waals surface area contributed by atoms with Crippen molar-refractivity contribution in [3.8, 4) is 6.07 Å². The molecule has 5 heteroatoms. The van der Waals surface area contributed by atoms with Gasteiger partial charge < -0.3 is 4.74 Å². The maximum atomic E-state index is 11.4. The van der Waals surface area contributed by atoms with Crippen LogP contribution in [0, 0.1) is 17.2 Å². The van der Waals surface area contributed by atoms with E-state index in [0.29, 0.717) is 24.1 Å². The highest BCUT2D eigenvalue weighted by Gasteiger charge is 2.49. The summed E-state index contributed by atoms with van der Waals surface area (Å²) in [7, 11) is 0. The second-order valence-corrected chi connectivity index (χ2v) is 4.59. The van der Waals surface area contributed by atoms with Crippen molar-refractivity contribution in [3.63, 3.8) is 0 Å². The van der Waals surface area contributed by atoms with Gasteiger partial charge in [-0.25, -0.2) is 0 Å². The van der Waals surface area contributed by atoms with Crippen LogP contribution in [0.15, 0.2) is 0 Å². The number of esters is 1. The number of rotatable bonds is 3. The molecule has 1 fully saturated rings. The molecule has 2 aliphatic carbocycles. The van der Waals surface area contributed by atoms with E-state index in [1.807, 2.05) is 0 Å². The van der Waals surface area contributed by atoms with Crippen molar-refractivity contribution in [2.45, 2.75) is 32.2 Å². The highest BCUT2D eigenvalue weighted by molar-refractivity contribution is 5.69. The van der Waals surface area contributed by atoms with Crippen molar-refractivity contribution in [2.75, 3.05) is 6.61 Å². The van der Waals surface area contributed by atoms with Crippen LogP contribution in [-0.4, -0.2) is 22.4 Å². The lowest BCUT2D eigenvalue weighted by Gasteiger charge is -2.05. The highest BCUT2D eigenvalue weighted by Crippen LogP contribution is 2.57. The molecule has 88 valence electrons. The van der Waals surface area contributed by atoms with Crippen LogP contribution in [0.1, 0.15) is 36.2 Å². The Hall–Kier alpha value is -1.83. The second kappa shape index (κ2) is 3.59. The summed E-state index contributed by atoms with van der Waals surface area (Å²) < 4.78 is 6.55. The van der Waals surface area contributed by atoms with Crippen molar-refractivity contribution < 1.29 is 9.53 Å². The van der Waals surface area contributed by atoms with Gasteiger partial charge in [0.1, 0.15) is 12.6 Å². The maximum Gasteiger partial charge on any atom is 0.327 e. The molecule has 0 spiro atoms. The zero-order valence-electron chi connectivity index (χ0n) is 9.64. The molecule has 0 bridgehead atoms. The Morgan fingerprint density at radius 2 is 2.53 bits per heavy atom. The largest absolute Gasteiger partial charge is 0.465 e. The number of hydrogen-bond acceptors (Lipinski definition) is 4. The molecule has 0 aromatic carbocycles. The van der Waals surface area contributed by atoms with Crippen molar-refractivity contribution in [3.05, 3.63) is 17.0 Å². The molecule has 5 nitrogen and oxygen atoms in total. The summed E-state index contributed by atoms with van der Waals surface area (Å²) in [6.07, 6.45) is 2.13.